The van der Waals surface area contributed by atoms with Crippen LogP contribution in [0.15, 0.2) is 59.7 Å². The summed E-state index contributed by atoms with van der Waals surface area (Å²) in [4.78, 5) is 11.4. The van der Waals surface area contributed by atoms with E-state index in [1.807, 2.05) is 0 Å². The average molecular weight is 242 g/mol. The molecule has 5 heteroatoms. The van der Waals surface area contributed by atoms with Gasteiger partial charge < -0.3 is 10.3 Å². The van der Waals surface area contributed by atoms with Gasteiger partial charge in [-0.3, -0.25) is 0 Å². The Morgan fingerprint density at radius 2 is 1.67 bits per heavy atom. The number of carboxylic acids is 1. The molecule has 0 unspecified atom stereocenters. The summed E-state index contributed by atoms with van der Waals surface area (Å²) in [6, 6.07) is 14.5. The molecule has 0 aliphatic carbocycles. The molecule has 2 rings (SSSR count). The van der Waals surface area contributed by atoms with Gasteiger partial charge in [-0.25, -0.2) is 4.79 Å². The molecule has 2 aromatic rings. The van der Waals surface area contributed by atoms with Gasteiger partial charge in [0.05, 0.1) is 5.56 Å². The van der Waals surface area contributed by atoms with Crippen molar-refractivity contribution < 1.29 is 14.8 Å². The number of carbonyl (C=O) groups is 1. The molecule has 0 heterocycles. The third-order valence-corrected chi connectivity index (χ3v) is 2.31. The topological polar surface area (TPSA) is 75.7 Å². The van der Waals surface area contributed by atoms with E-state index < -0.39 is 5.97 Å². The summed E-state index contributed by atoms with van der Waals surface area (Å²) in [6.07, 6.45) is 0. The van der Waals surface area contributed by atoms with Crippen molar-refractivity contribution in [3.8, 4) is 0 Å². The maximum atomic E-state index is 11.7. The molecular weight excluding hydrogens is 232 g/mol. The Kier molecular flexibility index (Phi) is 3.33. The Labute approximate surface area is 103 Å². The van der Waals surface area contributed by atoms with Crippen LogP contribution in [-0.2, 0) is 0 Å². The minimum atomic E-state index is -1.11. The molecule has 1 N–H and O–H groups in total. The zero-order valence-electron chi connectivity index (χ0n) is 9.35. The number of aromatic carboxylic acids is 1. The summed E-state index contributed by atoms with van der Waals surface area (Å²) in [5.74, 6) is -1.11. The van der Waals surface area contributed by atoms with Gasteiger partial charge in [0.25, 0.3) is 0 Å². The molecule has 0 atom stereocenters. The second-order valence-electron chi connectivity index (χ2n) is 3.53. The number of para-hydroxylation sites is 1. The van der Waals surface area contributed by atoms with E-state index in [0.29, 0.717) is 10.5 Å². The lowest BCUT2D eigenvalue weighted by Gasteiger charge is -2.01. The van der Waals surface area contributed by atoms with Gasteiger partial charge >= 0.3 is 5.97 Å². The quantitative estimate of drug-likeness (QED) is 0.509. The Morgan fingerprint density at radius 1 is 1.06 bits per heavy atom. The second kappa shape index (κ2) is 5.09. The van der Waals surface area contributed by atoms with Gasteiger partial charge in [-0.2, -0.15) is 0 Å². The van der Waals surface area contributed by atoms with Crippen LogP contribution >= 0.6 is 0 Å². The van der Waals surface area contributed by atoms with Crippen LogP contribution in [0.4, 0.5) is 11.4 Å². The minimum absolute atomic E-state index is 0.00530. The fraction of sp³-hybridized carbons (Fsp3) is 0. The molecule has 90 valence electrons. The summed E-state index contributed by atoms with van der Waals surface area (Å²) in [7, 11) is 0. The third-order valence-electron chi connectivity index (χ3n) is 2.31. The van der Waals surface area contributed by atoms with Gasteiger partial charge in [-0.05, 0) is 12.1 Å². The average Bonchev–Trinajstić information content (AvgIpc) is 2.40. The van der Waals surface area contributed by atoms with E-state index in [9.17, 15) is 10.0 Å². The molecule has 0 radical (unpaired) electrons. The van der Waals surface area contributed by atoms with E-state index in [-0.39, 0.29) is 11.3 Å². The Balaban J connectivity index is 2.42. The first kappa shape index (κ1) is 11.8. The molecule has 0 bridgehead atoms. The number of azo groups is 1. The van der Waals surface area contributed by atoms with Gasteiger partial charge in [0.15, 0.2) is 0 Å². The maximum Gasteiger partial charge on any atom is 0.338 e. The first-order valence-corrected chi connectivity index (χ1v) is 5.25. The van der Waals surface area contributed by atoms with E-state index >= 15 is 0 Å². The summed E-state index contributed by atoms with van der Waals surface area (Å²) < 4.78 is 0. The van der Waals surface area contributed by atoms with Gasteiger partial charge in [-0.1, -0.05) is 35.2 Å². The Bertz CT molecular complexity index is 594. The predicted molar refractivity (Wildman–Crippen MR) is 65.2 cm³/mol. The van der Waals surface area contributed by atoms with Crippen molar-refractivity contribution in [2.24, 2.45) is 5.11 Å². The summed E-state index contributed by atoms with van der Waals surface area (Å²) >= 11 is 0. The summed E-state index contributed by atoms with van der Waals surface area (Å²) in [5.41, 5.74) is 0.468. The molecule has 0 aromatic heterocycles. The molecule has 0 saturated heterocycles. The standard InChI is InChI=1S/C13H10N2O3/c16-13(17)11-8-4-5-9-12(11)14-15(18)10-6-2-1-3-7-10/h1-9H,(H,16,17). The summed E-state index contributed by atoms with van der Waals surface area (Å²) in [6.45, 7) is 0. The molecule has 18 heavy (non-hydrogen) atoms. The van der Waals surface area contributed by atoms with Crippen LogP contribution in [0, 0.1) is 5.21 Å². The van der Waals surface area contributed by atoms with Gasteiger partial charge in [0.1, 0.15) is 5.69 Å². The molecule has 0 amide bonds. The number of nitrogens with zero attached hydrogens (tertiary/aromatic N) is 2. The molecule has 0 fully saturated rings. The van der Waals surface area contributed by atoms with Crippen molar-refractivity contribution in [2.45, 2.75) is 0 Å². The molecule has 2 aromatic carbocycles. The number of benzene rings is 2. The zero-order valence-corrected chi connectivity index (χ0v) is 9.35. The predicted octanol–water partition coefficient (Wildman–Crippen LogP) is 3.31. The SMILES string of the molecule is O=C(O)c1ccccc1N=[N+]([O-])c1ccccc1. The fourth-order valence-electron chi connectivity index (χ4n) is 1.45. The second-order valence-corrected chi connectivity index (χ2v) is 3.53. The highest BCUT2D eigenvalue weighted by molar-refractivity contribution is 5.93. The highest BCUT2D eigenvalue weighted by Gasteiger charge is 2.11. The van der Waals surface area contributed by atoms with Crippen molar-refractivity contribution in [1.29, 1.82) is 0 Å². The third kappa shape index (κ3) is 2.52. The lowest BCUT2D eigenvalue weighted by atomic mass is 10.2. The van der Waals surface area contributed by atoms with Crippen LogP contribution < -0.4 is 0 Å². The van der Waals surface area contributed by atoms with Crippen LogP contribution in [0.2, 0.25) is 0 Å². The van der Waals surface area contributed by atoms with E-state index in [1.54, 1.807) is 42.5 Å². The molecule has 0 spiro atoms. The van der Waals surface area contributed by atoms with Crippen LogP contribution in [0.3, 0.4) is 0 Å². The number of carboxylic acid groups (broad SMARTS) is 1. The van der Waals surface area contributed by atoms with Crippen LogP contribution in [0.25, 0.3) is 0 Å². The normalized spacial score (nSPS) is 11.2. The van der Waals surface area contributed by atoms with Crippen molar-refractivity contribution in [2.75, 3.05) is 0 Å². The smallest absolute Gasteiger partial charge is 0.338 e. The molecule has 0 saturated carbocycles. The monoisotopic (exact) mass is 242 g/mol. The lowest BCUT2D eigenvalue weighted by Crippen LogP contribution is -1.97. The number of hydrogen-bond donors (Lipinski definition) is 1. The molecule has 0 aliphatic heterocycles. The van der Waals surface area contributed by atoms with Crippen molar-refractivity contribution in [1.82, 2.24) is 0 Å². The van der Waals surface area contributed by atoms with E-state index in [2.05, 4.69) is 5.11 Å². The lowest BCUT2D eigenvalue weighted by molar-refractivity contribution is -0.435. The van der Waals surface area contributed by atoms with Gasteiger partial charge in [-0.15, -0.1) is 0 Å². The van der Waals surface area contributed by atoms with Crippen molar-refractivity contribution >= 4 is 17.3 Å². The summed E-state index contributed by atoms with van der Waals surface area (Å²) in [5, 5.41) is 24.5. The number of hydrogen-bond acceptors (Lipinski definition) is 3. The minimum Gasteiger partial charge on any atom is -0.594 e. The highest BCUT2D eigenvalue weighted by Crippen LogP contribution is 2.21. The zero-order chi connectivity index (χ0) is 13.0. The Morgan fingerprint density at radius 3 is 2.33 bits per heavy atom. The first-order chi connectivity index (χ1) is 8.68. The van der Waals surface area contributed by atoms with Crippen LogP contribution in [0.1, 0.15) is 10.4 Å². The maximum absolute atomic E-state index is 11.7. The van der Waals surface area contributed by atoms with E-state index in [4.69, 9.17) is 5.11 Å². The molecule has 5 nitrogen and oxygen atoms in total. The largest absolute Gasteiger partial charge is 0.594 e. The number of rotatable bonds is 3. The van der Waals surface area contributed by atoms with Crippen LogP contribution in [-0.4, -0.2) is 15.9 Å². The highest BCUT2D eigenvalue weighted by atomic mass is 16.5. The van der Waals surface area contributed by atoms with E-state index in [1.165, 1.54) is 12.1 Å². The fourth-order valence-corrected chi connectivity index (χ4v) is 1.45. The van der Waals surface area contributed by atoms with Gasteiger partial charge in [0.2, 0.25) is 5.69 Å². The Hall–Kier alpha value is -2.69. The first-order valence-electron chi connectivity index (χ1n) is 5.25. The van der Waals surface area contributed by atoms with Crippen molar-refractivity contribution in [3.63, 3.8) is 0 Å². The van der Waals surface area contributed by atoms with Crippen LogP contribution in [0.5, 0.6) is 0 Å². The van der Waals surface area contributed by atoms with E-state index in [0.717, 1.165) is 0 Å². The van der Waals surface area contributed by atoms with Crippen molar-refractivity contribution in [3.05, 3.63) is 65.4 Å². The van der Waals surface area contributed by atoms with Gasteiger partial charge in [0, 0.05) is 17.2 Å². The molecule has 0 aliphatic rings. The molecular formula is C13H10N2O3.